The topological polar surface area (TPSA) is 52.0 Å². The van der Waals surface area contributed by atoms with Crippen molar-refractivity contribution in [1.29, 1.82) is 0 Å². The Balaban J connectivity index is 2.11. The quantitative estimate of drug-likeness (QED) is 0.839. The number of aromatic nitrogens is 1. The fourth-order valence-corrected chi connectivity index (χ4v) is 2.13. The summed E-state index contributed by atoms with van der Waals surface area (Å²) in [6.45, 7) is 4.07. The van der Waals surface area contributed by atoms with E-state index in [1.54, 1.807) is 0 Å². The Labute approximate surface area is 94.7 Å². The van der Waals surface area contributed by atoms with Crippen molar-refractivity contribution < 1.29 is 4.42 Å². The molecule has 0 saturated heterocycles. The molecule has 84 valence electrons. The number of oxazole rings is 1. The average molecular weight is 216 g/mol. The normalized spacial score (nSPS) is 19.9. The zero-order valence-corrected chi connectivity index (χ0v) is 9.66. The summed E-state index contributed by atoms with van der Waals surface area (Å²) in [6.07, 6.45) is 2.37. The minimum absolute atomic E-state index is 0.410. The summed E-state index contributed by atoms with van der Waals surface area (Å²) in [7, 11) is 0. The Morgan fingerprint density at radius 2 is 2.19 bits per heavy atom. The van der Waals surface area contributed by atoms with E-state index < -0.39 is 5.54 Å². The lowest BCUT2D eigenvalue weighted by Crippen LogP contribution is -2.35. The molecule has 1 aromatic carbocycles. The molecule has 3 nitrogen and oxygen atoms in total. The highest BCUT2D eigenvalue weighted by Crippen LogP contribution is 2.43. The summed E-state index contributed by atoms with van der Waals surface area (Å²) in [5.41, 5.74) is 8.81. The largest absolute Gasteiger partial charge is 0.439 e. The van der Waals surface area contributed by atoms with Gasteiger partial charge in [-0.15, -0.1) is 0 Å². The smallest absolute Gasteiger partial charge is 0.215 e. The molecule has 0 amide bonds. The van der Waals surface area contributed by atoms with Crippen LogP contribution in [0, 0.1) is 12.8 Å². The first-order chi connectivity index (χ1) is 7.57. The minimum Gasteiger partial charge on any atom is -0.439 e. The number of nitrogens with two attached hydrogens (primary N) is 1. The molecular weight excluding hydrogens is 200 g/mol. The van der Waals surface area contributed by atoms with Gasteiger partial charge in [-0.2, -0.15) is 0 Å². The van der Waals surface area contributed by atoms with E-state index in [0.717, 1.165) is 11.1 Å². The monoisotopic (exact) mass is 216 g/mol. The second-order valence-electron chi connectivity index (χ2n) is 5.05. The first kappa shape index (κ1) is 9.85. The van der Waals surface area contributed by atoms with Crippen LogP contribution in [0.25, 0.3) is 11.1 Å². The number of hydrogen-bond acceptors (Lipinski definition) is 3. The molecular formula is C13H16N2O. The third kappa shape index (κ3) is 1.43. The van der Waals surface area contributed by atoms with E-state index in [1.807, 2.05) is 25.1 Å². The number of hydrogen-bond donors (Lipinski definition) is 1. The van der Waals surface area contributed by atoms with Crippen LogP contribution in [0.4, 0.5) is 0 Å². The summed E-state index contributed by atoms with van der Waals surface area (Å²) < 4.78 is 5.75. The molecule has 0 aliphatic heterocycles. The standard InChI is InChI=1S/C13H16N2O/c1-8-3-6-11-10(7-8)15-12(16-11)13(2,14)9-4-5-9/h3,6-7,9H,4-5,14H2,1-2H3. The van der Waals surface area contributed by atoms with Crippen molar-refractivity contribution in [2.45, 2.75) is 32.2 Å². The van der Waals surface area contributed by atoms with E-state index in [9.17, 15) is 0 Å². The Hall–Kier alpha value is -1.35. The maximum Gasteiger partial charge on any atom is 0.215 e. The van der Waals surface area contributed by atoms with Crippen LogP contribution in [-0.4, -0.2) is 4.98 Å². The lowest BCUT2D eigenvalue weighted by atomic mass is 9.97. The number of fused-ring (bicyclic) bond motifs is 1. The Kier molecular flexibility index (Phi) is 1.89. The van der Waals surface area contributed by atoms with Gasteiger partial charge >= 0.3 is 0 Å². The van der Waals surface area contributed by atoms with Crippen molar-refractivity contribution >= 4 is 11.1 Å². The Morgan fingerprint density at radius 3 is 2.88 bits per heavy atom. The van der Waals surface area contributed by atoms with Gasteiger partial charge in [-0.3, -0.25) is 0 Å². The second kappa shape index (κ2) is 3.08. The van der Waals surface area contributed by atoms with Gasteiger partial charge in [0.25, 0.3) is 0 Å². The van der Waals surface area contributed by atoms with E-state index >= 15 is 0 Å². The van der Waals surface area contributed by atoms with Gasteiger partial charge in [0.2, 0.25) is 5.89 Å². The van der Waals surface area contributed by atoms with E-state index in [4.69, 9.17) is 10.2 Å². The van der Waals surface area contributed by atoms with Crippen LogP contribution in [0.15, 0.2) is 22.6 Å². The van der Waals surface area contributed by atoms with Gasteiger partial charge in [-0.05, 0) is 50.3 Å². The maximum absolute atomic E-state index is 6.29. The molecule has 3 rings (SSSR count). The minimum atomic E-state index is -0.410. The average Bonchev–Trinajstić information content (AvgIpc) is 2.99. The molecule has 2 aromatic rings. The van der Waals surface area contributed by atoms with E-state index in [1.165, 1.54) is 18.4 Å². The van der Waals surface area contributed by atoms with Crippen LogP contribution in [0.3, 0.4) is 0 Å². The molecule has 0 radical (unpaired) electrons. The first-order valence-corrected chi connectivity index (χ1v) is 5.74. The summed E-state index contributed by atoms with van der Waals surface area (Å²) in [6, 6.07) is 6.03. The summed E-state index contributed by atoms with van der Waals surface area (Å²) in [5.74, 6) is 1.21. The molecule has 16 heavy (non-hydrogen) atoms. The van der Waals surface area contributed by atoms with E-state index in [2.05, 4.69) is 11.9 Å². The molecule has 1 unspecified atom stereocenters. The molecule has 0 spiro atoms. The predicted octanol–water partition coefficient (Wildman–Crippen LogP) is 2.72. The lowest BCUT2D eigenvalue weighted by molar-refractivity contribution is 0.327. The van der Waals surface area contributed by atoms with Crippen molar-refractivity contribution in [3.05, 3.63) is 29.7 Å². The molecule has 1 aliphatic rings. The lowest BCUT2D eigenvalue weighted by Gasteiger charge is -2.19. The van der Waals surface area contributed by atoms with Crippen LogP contribution >= 0.6 is 0 Å². The van der Waals surface area contributed by atoms with Gasteiger partial charge in [0.1, 0.15) is 5.52 Å². The number of nitrogens with zero attached hydrogens (tertiary/aromatic N) is 1. The molecule has 1 fully saturated rings. The van der Waals surface area contributed by atoms with Crippen LogP contribution in [0.2, 0.25) is 0 Å². The highest BCUT2D eigenvalue weighted by Gasteiger charge is 2.43. The van der Waals surface area contributed by atoms with Gasteiger partial charge < -0.3 is 10.2 Å². The van der Waals surface area contributed by atoms with Gasteiger partial charge in [-0.25, -0.2) is 4.98 Å². The van der Waals surface area contributed by atoms with Crippen molar-refractivity contribution in [3.63, 3.8) is 0 Å². The zero-order chi connectivity index (χ0) is 11.3. The number of benzene rings is 1. The molecule has 0 bridgehead atoms. The van der Waals surface area contributed by atoms with Gasteiger partial charge in [0.15, 0.2) is 5.58 Å². The van der Waals surface area contributed by atoms with Crippen LogP contribution < -0.4 is 5.73 Å². The molecule has 1 aliphatic carbocycles. The van der Waals surface area contributed by atoms with Crippen molar-refractivity contribution in [2.24, 2.45) is 11.7 Å². The van der Waals surface area contributed by atoms with Crippen LogP contribution in [-0.2, 0) is 5.54 Å². The van der Waals surface area contributed by atoms with Crippen molar-refractivity contribution in [2.75, 3.05) is 0 Å². The Bertz CT molecular complexity index is 538. The number of rotatable bonds is 2. The van der Waals surface area contributed by atoms with Crippen LogP contribution in [0.5, 0.6) is 0 Å². The maximum atomic E-state index is 6.29. The summed E-state index contributed by atoms with van der Waals surface area (Å²) in [5, 5.41) is 0. The van der Waals surface area contributed by atoms with Gasteiger partial charge in [0, 0.05) is 0 Å². The molecule has 1 heterocycles. The SMILES string of the molecule is Cc1ccc2oc(C(C)(N)C3CC3)nc2c1. The van der Waals surface area contributed by atoms with Gasteiger partial charge in [-0.1, -0.05) is 6.07 Å². The zero-order valence-electron chi connectivity index (χ0n) is 9.66. The molecule has 1 aromatic heterocycles. The third-order valence-electron chi connectivity index (χ3n) is 3.43. The molecule has 2 N–H and O–H groups in total. The molecule has 3 heteroatoms. The van der Waals surface area contributed by atoms with E-state index in [0.29, 0.717) is 11.8 Å². The third-order valence-corrected chi connectivity index (χ3v) is 3.43. The predicted molar refractivity (Wildman–Crippen MR) is 63.0 cm³/mol. The Morgan fingerprint density at radius 1 is 1.44 bits per heavy atom. The number of aryl methyl sites for hydroxylation is 1. The van der Waals surface area contributed by atoms with Crippen LogP contribution in [0.1, 0.15) is 31.2 Å². The molecule has 1 atom stereocenters. The highest BCUT2D eigenvalue weighted by molar-refractivity contribution is 5.73. The summed E-state index contributed by atoms with van der Waals surface area (Å²) in [4.78, 5) is 4.51. The van der Waals surface area contributed by atoms with E-state index in [-0.39, 0.29) is 0 Å². The highest BCUT2D eigenvalue weighted by atomic mass is 16.4. The fourth-order valence-electron chi connectivity index (χ4n) is 2.13. The first-order valence-electron chi connectivity index (χ1n) is 5.74. The fraction of sp³-hybridized carbons (Fsp3) is 0.462. The van der Waals surface area contributed by atoms with Crippen molar-refractivity contribution in [3.8, 4) is 0 Å². The summed E-state index contributed by atoms with van der Waals surface area (Å²) >= 11 is 0. The second-order valence-corrected chi connectivity index (χ2v) is 5.05. The van der Waals surface area contributed by atoms with Gasteiger partial charge in [0.05, 0.1) is 5.54 Å². The van der Waals surface area contributed by atoms with Crippen molar-refractivity contribution in [1.82, 2.24) is 4.98 Å². The molecule has 1 saturated carbocycles.